The van der Waals surface area contributed by atoms with Gasteiger partial charge in [-0.05, 0) is 37.5 Å². The molecule has 0 unspecified atom stereocenters. The van der Waals surface area contributed by atoms with Gasteiger partial charge < -0.3 is 9.64 Å². The number of hydrogen-bond acceptors (Lipinski definition) is 4. The molecule has 0 N–H and O–H groups in total. The van der Waals surface area contributed by atoms with Gasteiger partial charge in [0.15, 0.2) is 0 Å². The molecule has 106 valence electrons. The van der Waals surface area contributed by atoms with Gasteiger partial charge in [0.05, 0.1) is 6.07 Å². The molecule has 2 rings (SSSR count). The lowest BCUT2D eigenvalue weighted by Crippen LogP contribution is -2.45. The number of hydrogen-bond donors (Lipinski definition) is 0. The van der Waals surface area contributed by atoms with Crippen molar-refractivity contribution in [1.82, 2.24) is 9.88 Å². The Bertz CT molecular complexity index is 490. The molecule has 0 saturated carbocycles. The minimum Gasteiger partial charge on any atom is -0.381 e. The van der Waals surface area contributed by atoms with Gasteiger partial charge in [-0.2, -0.15) is 5.26 Å². The lowest BCUT2D eigenvalue weighted by molar-refractivity contribution is -0.143. The smallest absolute Gasteiger partial charge is 0.243 e. The first-order valence-corrected chi connectivity index (χ1v) is 6.89. The molecule has 2 heterocycles. The van der Waals surface area contributed by atoms with E-state index in [0.717, 1.165) is 5.56 Å². The van der Waals surface area contributed by atoms with E-state index in [2.05, 4.69) is 11.1 Å². The fraction of sp³-hybridized carbons (Fsp3) is 0.533. The first-order valence-electron chi connectivity index (χ1n) is 6.89. The van der Waals surface area contributed by atoms with Crippen LogP contribution in [-0.4, -0.2) is 35.5 Å². The third-order valence-corrected chi connectivity index (χ3v) is 3.76. The van der Waals surface area contributed by atoms with E-state index in [-0.39, 0.29) is 5.91 Å². The van der Waals surface area contributed by atoms with Crippen molar-refractivity contribution >= 4 is 5.91 Å². The Kier molecular flexibility index (Phi) is 4.70. The molecule has 1 aromatic rings. The number of amides is 1. The van der Waals surface area contributed by atoms with Crippen LogP contribution < -0.4 is 0 Å². The van der Waals surface area contributed by atoms with Crippen LogP contribution in [0.2, 0.25) is 0 Å². The van der Waals surface area contributed by atoms with E-state index in [4.69, 9.17) is 4.74 Å². The number of nitriles is 1. The van der Waals surface area contributed by atoms with Crippen molar-refractivity contribution in [3.63, 3.8) is 0 Å². The fourth-order valence-electron chi connectivity index (χ4n) is 2.43. The second-order valence-corrected chi connectivity index (χ2v) is 4.98. The first kappa shape index (κ1) is 14.5. The lowest BCUT2D eigenvalue weighted by Gasteiger charge is -2.34. The van der Waals surface area contributed by atoms with Gasteiger partial charge in [-0.25, -0.2) is 0 Å². The van der Waals surface area contributed by atoms with Crippen LogP contribution in [0.1, 0.15) is 25.3 Å². The molecule has 0 aliphatic carbocycles. The van der Waals surface area contributed by atoms with Crippen molar-refractivity contribution in [1.29, 1.82) is 5.26 Å². The van der Waals surface area contributed by atoms with Gasteiger partial charge in [0, 0.05) is 38.7 Å². The highest BCUT2D eigenvalue weighted by molar-refractivity contribution is 5.85. The van der Waals surface area contributed by atoms with Crippen molar-refractivity contribution in [2.75, 3.05) is 19.8 Å². The molecule has 1 aliphatic rings. The summed E-state index contributed by atoms with van der Waals surface area (Å²) in [5.41, 5.74) is 0.108. The maximum atomic E-state index is 12.7. The second kappa shape index (κ2) is 6.49. The molecule has 1 amide bonds. The molecule has 20 heavy (non-hydrogen) atoms. The van der Waals surface area contributed by atoms with Crippen molar-refractivity contribution in [2.24, 2.45) is 5.41 Å². The molecule has 5 nitrogen and oxygen atoms in total. The predicted octanol–water partition coefficient (Wildman–Crippen LogP) is 1.75. The zero-order valence-corrected chi connectivity index (χ0v) is 11.7. The highest BCUT2D eigenvalue weighted by atomic mass is 16.5. The van der Waals surface area contributed by atoms with Crippen molar-refractivity contribution in [3.05, 3.63) is 30.1 Å². The summed E-state index contributed by atoms with van der Waals surface area (Å²) < 4.78 is 5.28. The molecule has 1 aromatic heterocycles. The van der Waals surface area contributed by atoms with Crippen LogP contribution >= 0.6 is 0 Å². The van der Waals surface area contributed by atoms with E-state index < -0.39 is 5.41 Å². The average molecular weight is 273 g/mol. The molecule has 1 aliphatic heterocycles. The number of pyridine rings is 1. The standard InChI is InChI=1S/C15H19N3O2/c1-2-18(11-13-3-7-17-8-4-13)14(19)15(12-16)5-9-20-10-6-15/h3-4,7-8H,2,5-6,9-11H2,1H3. The maximum Gasteiger partial charge on any atom is 0.243 e. The quantitative estimate of drug-likeness (QED) is 0.838. The Morgan fingerprint density at radius 1 is 1.45 bits per heavy atom. The van der Waals surface area contributed by atoms with Crippen molar-refractivity contribution in [3.8, 4) is 6.07 Å². The van der Waals surface area contributed by atoms with Crippen molar-refractivity contribution < 1.29 is 9.53 Å². The van der Waals surface area contributed by atoms with Crippen LogP contribution in [0.3, 0.4) is 0 Å². The summed E-state index contributed by atoms with van der Waals surface area (Å²) in [6, 6.07) is 6.01. The van der Waals surface area contributed by atoms with Gasteiger partial charge in [0.2, 0.25) is 5.91 Å². The third kappa shape index (κ3) is 2.97. The average Bonchev–Trinajstić information content (AvgIpc) is 2.53. The fourth-order valence-corrected chi connectivity index (χ4v) is 2.43. The van der Waals surface area contributed by atoms with E-state index in [1.807, 2.05) is 19.1 Å². The number of nitrogens with zero attached hydrogens (tertiary/aromatic N) is 3. The largest absolute Gasteiger partial charge is 0.381 e. The minimum absolute atomic E-state index is 0.0809. The Hall–Kier alpha value is -1.93. The zero-order chi connectivity index (χ0) is 14.4. The molecule has 1 fully saturated rings. The Labute approximate surface area is 119 Å². The molecule has 0 aromatic carbocycles. The first-order chi connectivity index (χ1) is 9.72. The van der Waals surface area contributed by atoms with E-state index in [9.17, 15) is 10.1 Å². The summed E-state index contributed by atoms with van der Waals surface area (Å²) in [5, 5.41) is 9.46. The van der Waals surface area contributed by atoms with Crippen LogP contribution in [-0.2, 0) is 16.1 Å². The van der Waals surface area contributed by atoms with Gasteiger partial charge in [-0.1, -0.05) is 0 Å². The molecular weight excluding hydrogens is 254 g/mol. The third-order valence-electron chi connectivity index (χ3n) is 3.76. The molecule has 0 atom stereocenters. The van der Waals surface area contributed by atoms with Crippen LogP contribution in [0.5, 0.6) is 0 Å². The van der Waals surface area contributed by atoms with Crippen LogP contribution in [0.4, 0.5) is 0 Å². The van der Waals surface area contributed by atoms with Crippen molar-refractivity contribution in [2.45, 2.75) is 26.3 Å². The number of ether oxygens (including phenoxy) is 1. The Morgan fingerprint density at radius 2 is 2.10 bits per heavy atom. The SMILES string of the molecule is CCN(Cc1ccncc1)C(=O)C1(C#N)CCOCC1. The van der Waals surface area contributed by atoms with Crippen LogP contribution in [0.15, 0.2) is 24.5 Å². The van der Waals surface area contributed by atoms with Gasteiger partial charge in [0.25, 0.3) is 0 Å². The normalized spacial score (nSPS) is 17.2. The predicted molar refractivity (Wildman–Crippen MR) is 73.4 cm³/mol. The molecule has 1 saturated heterocycles. The highest BCUT2D eigenvalue weighted by Gasteiger charge is 2.42. The summed E-state index contributed by atoms with van der Waals surface area (Å²) in [4.78, 5) is 18.4. The zero-order valence-electron chi connectivity index (χ0n) is 11.7. The summed E-state index contributed by atoms with van der Waals surface area (Å²) >= 11 is 0. The summed E-state index contributed by atoms with van der Waals surface area (Å²) in [6.07, 6.45) is 4.38. The van der Waals surface area contributed by atoms with E-state index in [1.165, 1.54) is 0 Å². The summed E-state index contributed by atoms with van der Waals surface area (Å²) in [5.74, 6) is -0.0809. The molecule has 5 heteroatoms. The number of aromatic nitrogens is 1. The van der Waals surface area contributed by atoms with E-state index in [0.29, 0.717) is 39.1 Å². The van der Waals surface area contributed by atoms with Gasteiger partial charge >= 0.3 is 0 Å². The Balaban J connectivity index is 2.14. The van der Waals surface area contributed by atoms with Crippen LogP contribution in [0, 0.1) is 16.7 Å². The number of carbonyl (C=O) groups is 1. The number of carbonyl (C=O) groups excluding carboxylic acids is 1. The molecule has 0 bridgehead atoms. The monoisotopic (exact) mass is 273 g/mol. The van der Waals surface area contributed by atoms with Gasteiger partial charge in [-0.3, -0.25) is 9.78 Å². The molecule has 0 radical (unpaired) electrons. The van der Waals surface area contributed by atoms with Gasteiger partial charge in [0.1, 0.15) is 5.41 Å². The summed E-state index contributed by atoms with van der Waals surface area (Å²) in [6.45, 7) is 4.00. The highest BCUT2D eigenvalue weighted by Crippen LogP contribution is 2.32. The maximum absolute atomic E-state index is 12.7. The van der Waals surface area contributed by atoms with Gasteiger partial charge in [-0.15, -0.1) is 0 Å². The van der Waals surface area contributed by atoms with Crippen LogP contribution in [0.25, 0.3) is 0 Å². The minimum atomic E-state index is -0.915. The number of rotatable bonds is 4. The Morgan fingerprint density at radius 3 is 2.65 bits per heavy atom. The topological polar surface area (TPSA) is 66.2 Å². The molecular formula is C15H19N3O2. The second-order valence-electron chi connectivity index (χ2n) is 4.98. The van der Waals surface area contributed by atoms with E-state index in [1.54, 1.807) is 17.3 Å². The summed E-state index contributed by atoms with van der Waals surface area (Å²) in [7, 11) is 0. The van der Waals surface area contributed by atoms with E-state index >= 15 is 0 Å². The lowest BCUT2D eigenvalue weighted by atomic mass is 9.80. The molecule has 0 spiro atoms.